The summed E-state index contributed by atoms with van der Waals surface area (Å²) in [5, 5.41) is 2.87. The number of carbonyl (C=O) groups is 1. The summed E-state index contributed by atoms with van der Waals surface area (Å²) in [5.74, 6) is 0.278. The molecule has 2 aromatic rings. The van der Waals surface area contributed by atoms with E-state index in [0.29, 0.717) is 35.8 Å². The van der Waals surface area contributed by atoms with Crippen LogP contribution in [0.4, 0.5) is 5.69 Å². The highest BCUT2D eigenvalue weighted by Crippen LogP contribution is 2.30. The summed E-state index contributed by atoms with van der Waals surface area (Å²) in [4.78, 5) is 22.1. The second-order valence-corrected chi connectivity index (χ2v) is 6.40. The molecule has 25 heavy (non-hydrogen) atoms. The Morgan fingerprint density at radius 1 is 1.32 bits per heavy atom. The van der Waals surface area contributed by atoms with Crippen molar-refractivity contribution in [3.05, 3.63) is 47.8 Å². The van der Waals surface area contributed by atoms with Crippen LogP contribution in [-0.2, 0) is 4.79 Å². The fourth-order valence-electron chi connectivity index (χ4n) is 2.61. The highest BCUT2D eigenvalue weighted by molar-refractivity contribution is 7.80. The number of carbonyl (C=O) groups excluding carboxylic acids is 1. The predicted octanol–water partition coefficient (Wildman–Crippen LogP) is 3.34. The fraction of sp³-hybridized carbons (Fsp3) is 0.211. The first kappa shape index (κ1) is 17.2. The van der Waals surface area contributed by atoms with Crippen molar-refractivity contribution in [1.82, 2.24) is 10.3 Å². The van der Waals surface area contributed by atoms with Gasteiger partial charge in [-0.15, -0.1) is 12.6 Å². The quantitative estimate of drug-likeness (QED) is 0.738. The highest BCUT2D eigenvalue weighted by atomic mass is 32.1. The maximum atomic E-state index is 12.3. The fourth-order valence-corrected chi connectivity index (χ4v) is 2.84. The number of benzene rings is 1. The van der Waals surface area contributed by atoms with Crippen LogP contribution in [0.2, 0.25) is 0 Å². The molecule has 1 amide bonds. The van der Waals surface area contributed by atoms with Gasteiger partial charge in [-0.25, -0.2) is 4.99 Å². The summed E-state index contributed by atoms with van der Waals surface area (Å²) in [6.45, 7) is 2.64. The molecule has 1 aromatic heterocycles. The van der Waals surface area contributed by atoms with Crippen LogP contribution in [0.15, 0.2) is 52.0 Å². The molecule has 0 bridgehead atoms. The standard InChI is InChI=1S/C19H20N4OS/c1-2-6-21-19(24)13-8-16-17(23-18(20)10-13)9-14(11-22-16)12-4-3-5-15(25)7-12/h3-5,7-9,11,25H,2,6,10H2,1H3,(H2,20,23)(H,21,24). The number of fused-ring (bicyclic) bond motifs is 1. The van der Waals surface area contributed by atoms with Crippen molar-refractivity contribution in [2.24, 2.45) is 10.7 Å². The number of nitrogens with two attached hydrogens (primary N) is 1. The van der Waals surface area contributed by atoms with E-state index in [1.807, 2.05) is 37.3 Å². The van der Waals surface area contributed by atoms with Gasteiger partial charge in [0.15, 0.2) is 0 Å². The average Bonchev–Trinajstić information content (AvgIpc) is 2.77. The lowest BCUT2D eigenvalue weighted by Crippen LogP contribution is -2.27. The minimum Gasteiger partial charge on any atom is -0.387 e. The number of nitrogens with one attached hydrogen (secondary N) is 1. The smallest absolute Gasteiger partial charge is 0.247 e. The number of amides is 1. The summed E-state index contributed by atoms with van der Waals surface area (Å²) >= 11 is 4.37. The third-order valence-electron chi connectivity index (χ3n) is 3.85. The van der Waals surface area contributed by atoms with Gasteiger partial charge in [-0.2, -0.15) is 0 Å². The Labute approximate surface area is 152 Å². The summed E-state index contributed by atoms with van der Waals surface area (Å²) in [5.41, 5.74) is 9.83. The first-order valence-electron chi connectivity index (χ1n) is 8.18. The van der Waals surface area contributed by atoms with Crippen molar-refractivity contribution in [3.63, 3.8) is 0 Å². The number of thiol groups is 1. The van der Waals surface area contributed by atoms with Gasteiger partial charge in [-0.3, -0.25) is 9.78 Å². The molecular weight excluding hydrogens is 332 g/mol. The van der Waals surface area contributed by atoms with Gasteiger partial charge in [-0.05, 0) is 36.3 Å². The molecule has 128 valence electrons. The van der Waals surface area contributed by atoms with Gasteiger partial charge < -0.3 is 11.1 Å². The zero-order chi connectivity index (χ0) is 17.8. The van der Waals surface area contributed by atoms with Gasteiger partial charge in [0, 0.05) is 35.2 Å². The number of hydrogen-bond donors (Lipinski definition) is 3. The minimum absolute atomic E-state index is 0.124. The van der Waals surface area contributed by atoms with Crippen molar-refractivity contribution >= 4 is 36.1 Å². The molecule has 0 spiro atoms. The largest absolute Gasteiger partial charge is 0.387 e. The molecule has 1 aliphatic heterocycles. The van der Waals surface area contributed by atoms with Gasteiger partial charge in [-0.1, -0.05) is 19.1 Å². The SMILES string of the molecule is CCCNC(=O)C1=Cc2ncc(-c3cccc(S)c3)cc2N=C(N)C1. The Morgan fingerprint density at radius 2 is 2.16 bits per heavy atom. The Morgan fingerprint density at radius 3 is 2.92 bits per heavy atom. The van der Waals surface area contributed by atoms with Crippen LogP contribution in [0.3, 0.4) is 0 Å². The van der Waals surface area contributed by atoms with E-state index in [0.717, 1.165) is 22.4 Å². The van der Waals surface area contributed by atoms with Crippen LogP contribution in [0, 0.1) is 0 Å². The second kappa shape index (κ2) is 7.53. The van der Waals surface area contributed by atoms with E-state index >= 15 is 0 Å². The van der Waals surface area contributed by atoms with E-state index in [-0.39, 0.29) is 5.91 Å². The van der Waals surface area contributed by atoms with E-state index < -0.39 is 0 Å². The lowest BCUT2D eigenvalue weighted by molar-refractivity contribution is -0.117. The Kier molecular flexibility index (Phi) is 5.19. The molecule has 2 heterocycles. The van der Waals surface area contributed by atoms with Crippen molar-refractivity contribution in [3.8, 4) is 11.1 Å². The topological polar surface area (TPSA) is 80.4 Å². The molecule has 0 unspecified atom stereocenters. The molecule has 3 rings (SSSR count). The molecule has 1 aliphatic rings. The minimum atomic E-state index is -0.124. The second-order valence-electron chi connectivity index (χ2n) is 5.88. The average molecular weight is 352 g/mol. The molecule has 0 saturated carbocycles. The van der Waals surface area contributed by atoms with Crippen molar-refractivity contribution in [2.75, 3.05) is 6.54 Å². The van der Waals surface area contributed by atoms with Crippen LogP contribution < -0.4 is 11.1 Å². The van der Waals surface area contributed by atoms with Crippen LogP contribution in [-0.4, -0.2) is 23.3 Å². The molecule has 0 atom stereocenters. The number of nitrogens with zero attached hydrogens (tertiary/aromatic N) is 2. The van der Waals surface area contributed by atoms with Crippen molar-refractivity contribution < 1.29 is 4.79 Å². The molecule has 0 saturated heterocycles. The highest BCUT2D eigenvalue weighted by Gasteiger charge is 2.17. The molecule has 1 aromatic carbocycles. The number of pyridine rings is 1. The van der Waals surface area contributed by atoms with Crippen LogP contribution in [0.1, 0.15) is 25.5 Å². The Hall–Kier alpha value is -2.60. The maximum Gasteiger partial charge on any atom is 0.247 e. The first-order valence-corrected chi connectivity index (χ1v) is 8.63. The van der Waals surface area contributed by atoms with Crippen LogP contribution >= 0.6 is 12.6 Å². The maximum absolute atomic E-state index is 12.3. The lowest BCUT2D eigenvalue weighted by Gasteiger charge is -2.06. The van der Waals surface area contributed by atoms with E-state index in [1.54, 1.807) is 12.3 Å². The zero-order valence-corrected chi connectivity index (χ0v) is 14.9. The third kappa shape index (κ3) is 4.09. The van der Waals surface area contributed by atoms with Gasteiger partial charge in [0.2, 0.25) is 5.91 Å². The van der Waals surface area contributed by atoms with E-state index in [9.17, 15) is 4.79 Å². The van der Waals surface area contributed by atoms with E-state index in [1.165, 1.54) is 0 Å². The lowest BCUT2D eigenvalue weighted by atomic mass is 10.1. The van der Waals surface area contributed by atoms with Crippen molar-refractivity contribution in [1.29, 1.82) is 0 Å². The Bertz CT molecular complexity index is 873. The van der Waals surface area contributed by atoms with Crippen LogP contribution in [0.5, 0.6) is 0 Å². The molecule has 0 radical (unpaired) electrons. The van der Waals surface area contributed by atoms with E-state index in [4.69, 9.17) is 5.73 Å². The summed E-state index contributed by atoms with van der Waals surface area (Å²) in [6.07, 6.45) is 4.73. The van der Waals surface area contributed by atoms with E-state index in [2.05, 4.69) is 27.9 Å². The molecule has 3 N–H and O–H groups in total. The van der Waals surface area contributed by atoms with Gasteiger partial charge >= 0.3 is 0 Å². The summed E-state index contributed by atoms with van der Waals surface area (Å²) in [6, 6.07) is 9.75. The third-order valence-corrected chi connectivity index (χ3v) is 4.13. The number of hydrogen-bond acceptors (Lipinski definition) is 5. The monoisotopic (exact) mass is 352 g/mol. The van der Waals surface area contributed by atoms with Crippen LogP contribution in [0.25, 0.3) is 17.2 Å². The number of amidine groups is 1. The normalized spacial score (nSPS) is 13.4. The predicted molar refractivity (Wildman–Crippen MR) is 104 cm³/mol. The molecule has 0 fully saturated rings. The van der Waals surface area contributed by atoms with Crippen molar-refractivity contribution in [2.45, 2.75) is 24.7 Å². The number of aromatic nitrogens is 1. The summed E-state index contributed by atoms with van der Waals surface area (Å²) < 4.78 is 0. The number of rotatable bonds is 4. The number of aliphatic imine (C=N–C) groups is 1. The van der Waals surface area contributed by atoms with Gasteiger partial charge in [0.1, 0.15) is 5.84 Å². The van der Waals surface area contributed by atoms with Gasteiger partial charge in [0.25, 0.3) is 0 Å². The van der Waals surface area contributed by atoms with Gasteiger partial charge in [0.05, 0.1) is 11.4 Å². The molecule has 6 heteroatoms. The molecular formula is C19H20N4OS. The summed E-state index contributed by atoms with van der Waals surface area (Å²) in [7, 11) is 0. The zero-order valence-electron chi connectivity index (χ0n) is 14.0. The molecule has 0 aliphatic carbocycles. The Balaban J connectivity index is 1.98. The molecule has 5 nitrogen and oxygen atoms in total. The first-order chi connectivity index (χ1) is 12.1.